The third kappa shape index (κ3) is 5.14. The second-order valence-corrected chi connectivity index (χ2v) is 11.5. The second-order valence-electron chi connectivity index (χ2n) is 11.5. The summed E-state index contributed by atoms with van der Waals surface area (Å²) < 4.78 is 2.18. The van der Waals surface area contributed by atoms with Crippen molar-refractivity contribution >= 4 is 17.6 Å². The van der Waals surface area contributed by atoms with Gasteiger partial charge in [-0.2, -0.15) is 0 Å². The lowest BCUT2D eigenvalue weighted by Gasteiger charge is -2.31. The van der Waals surface area contributed by atoms with Gasteiger partial charge in [-0.3, -0.25) is 14.5 Å². The van der Waals surface area contributed by atoms with Crippen LogP contribution in [0.2, 0.25) is 0 Å². The van der Waals surface area contributed by atoms with Gasteiger partial charge in [0.05, 0.1) is 13.0 Å². The molecule has 0 aliphatic carbocycles. The fraction of sp³-hybridized carbons (Fsp3) is 0.364. The fourth-order valence-electron chi connectivity index (χ4n) is 6.13. The van der Waals surface area contributed by atoms with Crippen LogP contribution in [0, 0.1) is 0 Å². The number of hydrogen-bond donors (Lipinski definition) is 0. The summed E-state index contributed by atoms with van der Waals surface area (Å²) in [5.74, 6) is 3.21. The predicted octanol–water partition coefficient (Wildman–Crippen LogP) is 5.48. The summed E-state index contributed by atoms with van der Waals surface area (Å²) in [6, 6.07) is 16.5. The number of amides is 2. The minimum atomic E-state index is 0.0391. The zero-order valence-corrected chi connectivity index (χ0v) is 24.2. The van der Waals surface area contributed by atoms with E-state index in [1.807, 2.05) is 23.2 Å². The van der Waals surface area contributed by atoms with Crippen molar-refractivity contribution in [1.82, 2.24) is 24.4 Å². The third-order valence-corrected chi connectivity index (χ3v) is 8.50. The molecule has 2 amide bonds. The number of benzene rings is 2. The first kappa shape index (κ1) is 26.9. The molecule has 8 nitrogen and oxygen atoms in total. The maximum Gasteiger partial charge on any atom is 0.233 e. The number of nitrogens with zero attached hydrogens (tertiary/aromatic N) is 6. The number of piperidine rings is 1. The molecular weight excluding hydrogens is 512 g/mol. The fourth-order valence-corrected chi connectivity index (χ4v) is 6.13. The first-order valence-electron chi connectivity index (χ1n) is 14.4. The van der Waals surface area contributed by atoms with Crippen molar-refractivity contribution in [2.24, 2.45) is 7.05 Å². The molecule has 0 unspecified atom stereocenters. The first-order chi connectivity index (χ1) is 19.8. The van der Waals surface area contributed by atoms with Gasteiger partial charge in [0.25, 0.3) is 0 Å². The van der Waals surface area contributed by atoms with Gasteiger partial charge in [0, 0.05) is 67.8 Å². The van der Waals surface area contributed by atoms with Crippen molar-refractivity contribution < 1.29 is 9.59 Å². The first-order valence-corrected chi connectivity index (χ1v) is 14.4. The molecule has 0 radical (unpaired) electrons. The Morgan fingerprint density at radius 2 is 1.73 bits per heavy atom. The molecule has 2 aromatic carbocycles. The number of hydrogen-bond acceptors (Lipinski definition) is 5. The maximum atomic E-state index is 13.0. The largest absolute Gasteiger partial charge is 0.343 e. The lowest BCUT2D eigenvalue weighted by atomic mass is 9.94. The highest BCUT2D eigenvalue weighted by Crippen LogP contribution is 2.34. The van der Waals surface area contributed by atoms with E-state index < -0.39 is 0 Å². The van der Waals surface area contributed by atoms with E-state index in [-0.39, 0.29) is 11.8 Å². The van der Waals surface area contributed by atoms with Gasteiger partial charge < -0.3 is 9.47 Å². The van der Waals surface area contributed by atoms with Crippen LogP contribution in [0.1, 0.15) is 67.8 Å². The van der Waals surface area contributed by atoms with E-state index >= 15 is 0 Å². The molecule has 0 saturated carbocycles. The topological polar surface area (TPSA) is 84.2 Å². The molecule has 0 atom stereocenters. The number of rotatable bonds is 6. The second kappa shape index (κ2) is 10.9. The lowest BCUT2D eigenvalue weighted by Crippen LogP contribution is -2.36. The summed E-state index contributed by atoms with van der Waals surface area (Å²) in [7, 11) is 2.07. The number of anilines is 1. The molecule has 2 aliphatic rings. The van der Waals surface area contributed by atoms with Crippen molar-refractivity contribution in [2.45, 2.75) is 58.4 Å². The van der Waals surface area contributed by atoms with E-state index in [0.29, 0.717) is 36.4 Å². The smallest absolute Gasteiger partial charge is 0.233 e. The molecule has 4 heterocycles. The number of imidazole rings is 1. The van der Waals surface area contributed by atoms with Crippen LogP contribution in [0.4, 0.5) is 5.82 Å². The van der Waals surface area contributed by atoms with E-state index in [0.717, 1.165) is 54.0 Å². The van der Waals surface area contributed by atoms with Crippen molar-refractivity contribution in [2.75, 3.05) is 18.0 Å². The zero-order valence-electron chi connectivity index (χ0n) is 24.2. The van der Waals surface area contributed by atoms with Crippen LogP contribution in [0.15, 0.2) is 60.9 Å². The number of likely N-dealkylation sites (tertiary alicyclic amines) is 1. The maximum absolute atomic E-state index is 13.0. The third-order valence-electron chi connectivity index (χ3n) is 8.50. The van der Waals surface area contributed by atoms with Gasteiger partial charge in [-0.15, -0.1) is 0 Å². The van der Waals surface area contributed by atoms with Crippen LogP contribution in [0.3, 0.4) is 0 Å². The summed E-state index contributed by atoms with van der Waals surface area (Å²) in [4.78, 5) is 42.7. The van der Waals surface area contributed by atoms with Gasteiger partial charge in [0.2, 0.25) is 11.8 Å². The average Bonchev–Trinajstić information content (AvgIpc) is 3.52. The highest BCUT2D eigenvalue weighted by atomic mass is 16.2. The number of aromatic nitrogens is 4. The quantitative estimate of drug-likeness (QED) is 0.319. The number of carbonyl (C=O) groups excluding carboxylic acids is 2. The normalized spacial score (nSPS) is 15.6. The Bertz CT molecular complexity index is 1600. The Kier molecular flexibility index (Phi) is 7.15. The van der Waals surface area contributed by atoms with Gasteiger partial charge in [0.15, 0.2) is 5.82 Å². The molecule has 1 fully saturated rings. The van der Waals surface area contributed by atoms with Crippen molar-refractivity contribution in [1.29, 1.82) is 0 Å². The molecule has 0 N–H and O–H groups in total. The molecular formula is C33H36N6O2. The summed E-state index contributed by atoms with van der Waals surface area (Å²) >= 11 is 0. The molecule has 41 heavy (non-hydrogen) atoms. The SMILES string of the molecule is CC(=O)N1CCC(c2cnc(-c3ccc(CN4C(=O)Cc5cnc(-c6ccccc6C(C)C)nc54)cc3)n2C)CC1. The molecule has 4 aromatic rings. The van der Waals surface area contributed by atoms with E-state index in [9.17, 15) is 9.59 Å². The molecule has 0 bridgehead atoms. The van der Waals surface area contributed by atoms with E-state index in [1.165, 1.54) is 11.3 Å². The highest BCUT2D eigenvalue weighted by Gasteiger charge is 2.30. The van der Waals surface area contributed by atoms with Crippen LogP contribution in [0.5, 0.6) is 0 Å². The summed E-state index contributed by atoms with van der Waals surface area (Å²) in [5.41, 5.74) is 6.34. The van der Waals surface area contributed by atoms with Gasteiger partial charge in [-0.05, 0) is 29.9 Å². The minimum absolute atomic E-state index is 0.0391. The van der Waals surface area contributed by atoms with E-state index in [4.69, 9.17) is 9.97 Å². The van der Waals surface area contributed by atoms with Crippen LogP contribution < -0.4 is 4.90 Å². The summed E-state index contributed by atoms with van der Waals surface area (Å²) in [5, 5.41) is 0. The van der Waals surface area contributed by atoms with E-state index in [1.54, 1.807) is 18.0 Å². The summed E-state index contributed by atoms with van der Waals surface area (Å²) in [6.07, 6.45) is 6.01. The van der Waals surface area contributed by atoms with Gasteiger partial charge in [-0.1, -0.05) is 62.4 Å². The van der Waals surface area contributed by atoms with Crippen LogP contribution in [-0.4, -0.2) is 49.3 Å². The highest BCUT2D eigenvalue weighted by molar-refractivity contribution is 6.00. The van der Waals surface area contributed by atoms with Gasteiger partial charge in [-0.25, -0.2) is 15.0 Å². The lowest BCUT2D eigenvalue weighted by molar-refractivity contribution is -0.129. The molecule has 0 spiro atoms. The van der Waals surface area contributed by atoms with Gasteiger partial charge in [0.1, 0.15) is 11.6 Å². The number of carbonyl (C=O) groups is 2. The Hall–Kier alpha value is -4.33. The molecule has 1 saturated heterocycles. The molecule has 8 heteroatoms. The van der Waals surface area contributed by atoms with E-state index in [2.05, 4.69) is 66.8 Å². The predicted molar refractivity (Wildman–Crippen MR) is 159 cm³/mol. The molecule has 2 aliphatic heterocycles. The summed E-state index contributed by atoms with van der Waals surface area (Å²) in [6.45, 7) is 8.01. The Balaban J connectivity index is 1.20. The number of fused-ring (bicyclic) bond motifs is 1. The van der Waals surface area contributed by atoms with Crippen LogP contribution in [0.25, 0.3) is 22.8 Å². The molecule has 6 rings (SSSR count). The monoisotopic (exact) mass is 548 g/mol. The standard InChI is InChI=1S/C33H36N6O2/c1-21(2)27-7-5-6-8-28(27)31-34-18-26-17-30(41)39(33(26)36-31)20-23-9-11-25(12-10-23)32-35-19-29(37(32)4)24-13-15-38(16-14-24)22(3)40/h5-12,18-19,21,24H,13-17,20H2,1-4H3. The Morgan fingerprint density at radius 3 is 2.44 bits per heavy atom. The average molecular weight is 549 g/mol. The van der Waals surface area contributed by atoms with Crippen LogP contribution in [-0.2, 0) is 29.6 Å². The Labute approximate surface area is 241 Å². The zero-order chi connectivity index (χ0) is 28.7. The minimum Gasteiger partial charge on any atom is -0.343 e. The molecule has 2 aromatic heterocycles. The van der Waals surface area contributed by atoms with Gasteiger partial charge >= 0.3 is 0 Å². The molecule has 210 valence electrons. The van der Waals surface area contributed by atoms with Crippen molar-refractivity contribution in [3.63, 3.8) is 0 Å². The Morgan fingerprint density at radius 1 is 1.00 bits per heavy atom. The van der Waals surface area contributed by atoms with Crippen LogP contribution >= 0.6 is 0 Å². The van der Waals surface area contributed by atoms with Crippen molar-refractivity contribution in [3.8, 4) is 22.8 Å². The van der Waals surface area contributed by atoms with Crippen molar-refractivity contribution in [3.05, 3.63) is 83.3 Å².